The molecule has 2 aromatic rings. The number of aromatic carboxylic acids is 1. The van der Waals surface area contributed by atoms with Crippen molar-refractivity contribution in [1.29, 1.82) is 0 Å². The molecule has 0 spiro atoms. The zero-order valence-electron chi connectivity index (χ0n) is 9.80. The van der Waals surface area contributed by atoms with Crippen LogP contribution in [0.1, 0.15) is 21.5 Å². The summed E-state index contributed by atoms with van der Waals surface area (Å²) in [7, 11) is 0. The van der Waals surface area contributed by atoms with Gasteiger partial charge in [-0.2, -0.15) is 11.3 Å². The van der Waals surface area contributed by atoms with Crippen molar-refractivity contribution < 1.29 is 9.90 Å². The van der Waals surface area contributed by atoms with Gasteiger partial charge < -0.3 is 10.0 Å². The number of fused-ring (bicyclic) bond motifs is 1. The van der Waals surface area contributed by atoms with Crippen molar-refractivity contribution in [2.24, 2.45) is 0 Å². The number of hydrogen-bond donors (Lipinski definition) is 1. The van der Waals surface area contributed by atoms with Crippen LogP contribution in [0.15, 0.2) is 35.0 Å². The Bertz CT molecular complexity index is 577. The van der Waals surface area contributed by atoms with Crippen molar-refractivity contribution in [3.8, 4) is 0 Å². The minimum Gasteiger partial charge on any atom is -0.478 e. The molecule has 1 N–H and O–H groups in total. The maximum Gasteiger partial charge on any atom is 0.335 e. The van der Waals surface area contributed by atoms with Crippen molar-refractivity contribution in [2.75, 3.05) is 11.4 Å². The molecule has 18 heavy (non-hydrogen) atoms. The summed E-state index contributed by atoms with van der Waals surface area (Å²) in [6.07, 6.45) is 0.931. The second-order valence-electron chi connectivity index (χ2n) is 4.45. The Morgan fingerprint density at radius 1 is 1.39 bits per heavy atom. The average molecular weight is 259 g/mol. The van der Waals surface area contributed by atoms with Crippen molar-refractivity contribution >= 4 is 23.0 Å². The highest BCUT2D eigenvalue weighted by molar-refractivity contribution is 7.07. The fourth-order valence-electron chi connectivity index (χ4n) is 2.37. The van der Waals surface area contributed by atoms with Crippen LogP contribution in [0.25, 0.3) is 0 Å². The first-order valence-corrected chi connectivity index (χ1v) is 6.80. The molecule has 3 rings (SSSR count). The predicted octanol–water partition coefficient (Wildman–Crippen LogP) is 3.01. The summed E-state index contributed by atoms with van der Waals surface area (Å²) in [6.45, 7) is 1.87. The van der Waals surface area contributed by atoms with Gasteiger partial charge in [-0.05, 0) is 52.6 Å². The van der Waals surface area contributed by atoms with E-state index in [9.17, 15) is 4.79 Å². The molecular formula is C14H13NO2S. The first kappa shape index (κ1) is 11.3. The second-order valence-corrected chi connectivity index (χ2v) is 5.23. The van der Waals surface area contributed by atoms with Crippen LogP contribution < -0.4 is 4.90 Å². The largest absolute Gasteiger partial charge is 0.478 e. The van der Waals surface area contributed by atoms with Crippen molar-refractivity contribution in [2.45, 2.75) is 13.0 Å². The van der Waals surface area contributed by atoms with Crippen molar-refractivity contribution in [3.05, 3.63) is 51.7 Å². The van der Waals surface area contributed by atoms with Crippen LogP contribution in [0.5, 0.6) is 0 Å². The van der Waals surface area contributed by atoms with Crippen LogP contribution in [0.4, 0.5) is 5.69 Å². The molecule has 0 radical (unpaired) electrons. The fraction of sp³-hybridized carbons (Fsp3) is 0.214. The Hall–Kier alpha value is -1.81. The van der Waals surface area contributed by atoms with E-state index in [1.54, 1.807) is 23.5 Å². The Morgan fingerprint density at radius 3 is 3.00 bits per heavy atom. The molecule has 0 unspecified atom stereocenters. The fourth-order valence-corrected chi connectivity index (χ4v) is 3.03. The third kappa shape index (κ3) is 1.99. The van der Waals surface area contributed by atoms with E-state index in [1.165, 1.54) is 11.3 Å². The van der Waals surface area contributed by atoms with Gasteiger partial charge in [-0.3, -0.25) is 0 Å². The van der Waals surface area contributed by atoms with E-state index in [0.717, 1.165) is 25.1 Å². The normalized spacial score (nSPS) is 13.7. The monoisotopic (exact) mass is 259 g/mol. The summed E-state index contributed by atoms with van der Waals surface area (Å²) in [5, 5.41) is 13.2. The smallest absolute Gasteiger partial charge is 0.335 e. The number of carbonyl (C=O) groups is 1. The summed E-state index contributed by atoms with van der Waals surface area (Å²) in [5.74, 6) is -0.853. The van der Waals surface area contributed by atoms with Crippen LogP contribution in [-0.4, -0.2) is 17.6 Å². The van der Waals surface area contributed by atoms with Gasteiger partial charge in [-0.25, -0.2) is 4.79 Å². The van der Waals surface area contributed by atoms with Gasteiger partial charge in [0.2, 0.25) is 0 Å². The van der Waals surface area contributed by atoms with Gasteiger partial charge in [0.15, 0.2) is 0 Å². The number of hydrogen-bond acceptors (Lipinski definition) is 3. The molecule has 4 heteroatoms. The van der Waals surface area contributed by atoms with Crippen LogP contribution in [0.3, 0.4) is 0 Å². The maximum absolute atomic E-state index is 10.9. The van der Waals surface area contributed by atoms with Gasteiger partial charge >= 0.3 is 5.97 Å². The summed E-state index contributed by atoms with van der Waals surface area (Å²) in [6, 6.07) is 7.55. The summed E-state index contributed by atoms with van der Waals surface area (Å²) in [4.78, 5) is 13.2. The Labute approximate surface area is 109 Å². The minimum atomic E-state index is -0.853. The maximum atomic E-state index is 10.9. The molecule has 0 atom stereocenters. The Balaban J connectivity index is 1.86. The highest BCUT2D eigenvalue weighted by atomic mass is 32.1. The molecule has 0 saturated heterocycles. The lowest BCUT2D eigenvalue weighted by Gasteiger charge is -2.18. The average Bonchev–Trinajstić information content (AvgIpc) is 2.99. The van der Waals surface area contributed by atoms with Gasteiger partial charge in [0, 0.05) is 18.8 Å². The van der Waals surface area contributed by atoms with E-state index in [1.807, 2.05) is 6.07 Å². The van der Waals surface area contributed by atoms with Gasteiger partial charge in [-0.1, -0.05) is 0 Å². The molecule has 3 nitrogen and oxygen atoms in total. The molecule has 0 fully saturated rings. The van der Waals surface area contributed by atoms with Crippen LogP contribution >= 0.6 is 11.3 Å². The molecule has 0 bridgehead atoms. The molecule has 1 aromatic heterocycles. The number of thiophene rings is 1. The number of benzene rings is 1. The SMILES string of the molecule is O=C(O)c1ccc2c(c1)CCN2Cc1ccsc1. The lowest BCUT2D eigenvalue weighted by molar-refractivity contribution is 0.0697. The first-order valence-electron chi connectivity index (χ1n) is 5.86. The third-order valence-corrected chi connectivity index (χ3v) is 4.00. The lowest BCUT2D eigenvalue weighted by atomic mass is 10.1. The van der Waals surface area contributed by atoms with E-state index in [0.29, 0.717) is 5.56 Å². The van der Waals surface area contributed by atoms with E-state index in [-0.39, 0.29) is 0 Å². The molecular weight excluding hydrogens is 246 g/mol. The molecule has 2 heterocycles. The molecule has 1 aromatic carbocycles. The standard InChI is InChI=1S/C14H13NO2S/c16-14(17)12-1-2-13-11(7-12)3-5-15(13)8-10-4-6-18-9-10/h1-2,4,6-7,9H,3,5,8H2,(H,16,17). The molecule has 1 aliphatic rings. The summed E-state index contributed by atoms with van der Waals surface area (Å²) < 4.78 is 0. The third-order valence-electron chi connectivity index (χ3n) is 3.27. The first-order chi connectivity index (χ1) is 8.74. The van der Waals surface area contributed by atoms with E-state index in [2.05, 4.69) is 21.7 Å². The molecule has 0 saturated carbocycles. The summed E-state index contributed by atoms with van der Waals surface area (Å²) in [5.41, 5.74) is 4.01. The predicted molar refractivity (Wildman–Crippen MR) is 72.5 cm³/mol. The quantitative estimate of drug-likeness (QED) is 0.921. The lowest BCUT2D eigenvalue weighted by Crippen LogP contribution is -2.19. The highest BCUT2D eigenvalue weighted by Crippen LogP contribution is 2.30. The Kier molecular flexibility index (Phi) is 2.80. The molecule has 1 aliphatic heterocycles. The van der Waals surface area contributed by atoms with Crippen molar-refractivity contribution in [1.82, 2.24) is 0 Å². The zero-order chi connectivity index (χ0) is 12.5. The zero-order valence-corrected chi connectivity index (χ0v) is 10.6. The molecule has 0 aliphatic carbocycles. The van der Waals surface area contributed by atoms with Crippen LogP contribution in [-0.2, 0) is 13.0 Å². The molecule has 92 valence electrons. The van der Waals surface area contributed by atoms with E-state index in [4.69, 9.17) is 5.11 Å². The number of nitrogens with zero attached hydrogens (tertiary/aromatic N) is 1. The van der Waals surface area contributed by atoms with E-state index >= 15 is 0 Å². The minimum absolute atomic E-state index is 0.381. The number of rotatable bonds is 3. The number of carboxylic acids is 1. The Morgan fingerprint density at radius 2 is 2.28 bits per heavy atom. The second kappa shape index (κ2) is 4.46. The number of carboxylic acid groups (broad SMARTS) is 1. The number of anilines is 1. The highest BCUT2D eigenvalue weighted by Gasteiger charge is 2.20. The topological polar surface area (TPSA) is 40.5 Å². The molecule has 0 amide bonds. The van der Waals surface area contributed by atoms with Crippen LogP contribution in [0.2, 0.25) is 0 Å². The van der Waals surface area contributed by atoms with Gasteiger partial charge in [0.25, 0.3) is 0 Å². The van der Waals surface area contributed by atoms with Gasteiger partial charge in [0.05, 0.1) is 5.56 Å². The van der Waals surface area contributed by atoms with Crippen LogP contribution in [0, 0.1) is 0 Å². The van der Waals surface area contributed by atoms with Gasteiger partial charge in [0.1, 0.15) is 0 Å². The van der Waals surface area contributed by atoms with E-state index < -0.39 is 5.97 Å². The summed E-state index contributed by atoms with van der Waals surface area (Å²) >= 11 is 1.71. The van der Waals surface area contributed by atoms with Crippen molar-refractivity contribution in [3.63, 3.8) is 0 Å². The van der Waals surface area contributed by atoms with Gasteiger partial charge in [-0.15, -0.1) is 0 Å².